The highest BCUT2D eigenvalue weighted by molar-refractivity contribution is 6.03. The van der Waals surface area contributed by atoms with Crippen LogP contribution in [0.3, 0.4) is 0 Å². The average Bonchev–Trinajstić information content (AvgIpc) is 2.77. The second kappa shape index (κ2) is 6.89. The Morgan fingerprint density at radius 2 is 2.05 bits per heavy atom. The standard InChI is InChI=1S/C12H20N4O3/c1-4-16(5-2)7-6-13-11(17)10-9(12(18)19)8-15(3)14-10/h8H,4-7H2,1-3H3,(H,13,17)(H,18,19). The summed E-state index contributed by atoms with van der Waals surface area (Å²) in [4.78, 5) is 25.0. The molecule has 0 radical (unpaired) electrons. The topological polar surface area (TPSA) is 87.5 Å². The van der Waals surface area contributed by atoms with Crippen LogP contribution >= 0.6 is 0 Å². The zero-order valence-corrected chi connectivity index (χ0v) is 11.5. The molecule has 0 saturated carbocycles. The van der Waals surface area contributed by atoms with E-state index in [-0.39, 0.29) is 11.3 Å². The first kappa shape index (κ1) is 15.2. The first-order valence-electron chi connectivity index (χ1n) is 6.27. The minimum Gasteiger partial charge on any atom is -0.478 e. The number of aryl methyl sites for hydroxylation is 1. The van der Waals surface area contributed by atoms with Gasteiger partial charge in [-0.3, -0.25) is 9.48 Å². The van der Waals surface area contributed by atoms with E-state index in [4.69, 9.17) is 5.11 Å². The van der Waals surface area contributed by atoms with Crippen LogP contribution in [0.2, 0.25) is 0 Å². The first-order chi connectivity index (χ1) is 8.99. The number of amides is 1. The fraction of sp³-hybridized carbons (Fsp3) is 0.583. The van der Waals surface area contributed by atoms with Crippen LogP contribution in [-0.4, -0.2) is 57.8 Å². The van der Waals surface area contributed by atoms with Gasteiger partial charge in [-0.05, 0) is 13.1 Å². The van der Waals surface area contributed by atoms with Crippen molar-refractivity contribution in [1.82, 2.24) is 20.0 Å². The summed E-state index contributed by atoms with van der Waals surface area (Å²) in [7, 11) is 1.58. The van der Waals surface area contributed by atoms with Gasteiger partial charge in [-0.15, -0.1) is 0 Å². The summed E-state index contributed by atoms with van der Waals surface area (Å²) < 4.78 is 1.32. The quantitative estimate of drug-likeness (QED) is 0.737. The van der Waals surface area contributed by atoms with Crippen LogP contribution in [0, 0.1) is 0 Å². The maximum absolute atomic E-state index is 11.9. The largest absolute Gasteiger partial charge is 0.478 e. The van der Waals surface area contributed by atoms with Crippen molar-refractivity contribution in [1.29, 1.82) is 0 Å². The highest BCUT2D eigenvalue weighted by Crippen LogP contribution is 2.05. The molecule has 2 N–H and O–H groups in total. The molecule has 106 valence electrons. The molecule has 0 unspecified atom stereocenters. The number of carboxylic acids is 1. The molecule has 1 heterocycles. The van der Waals surface area contributed by atoms with E-state index in [1.54, 1.807) is 7.05 Å². The van der Waals surface area contributed by atoms with Crippen LogP contribution in [-0.2, 0) is 7.05 Å². The molecule has 1 aromatic heterocycles. The van der Waals surface area contributed by atoms with E-state index < -0.39 is 11.9 Å². The highest BCUT2D eigenvalue weighted by Gasteiger charge is 2.20. The van der Waals surface area contributed by atoms with Crippen molar-refractivity contribution in [3.63, 3.8) is 0 Å². The molecule has 0 atom stereocenters. The number of carbonyl (C=O) groups is 2. The molecule has 0 fully saturated rings. The lowest BCUT2D eigenvalue weighted by Gasteiger charge is -2.17. The SMILES string of the molecule is CCN(CC)CCNC(=O)c1nn(C)cc1C(=O)O. The van der Waals surface area contributed by atoms with E-state index in [0.717, 1.165) is 19.6 Å². The summed E-state index contributed by atoms with van der Waals surface area (Å²) in [5, 5.41) is 15.5. The number of nitrogens with one attached hydrogen (secondary N) is 1. The Kier molecular flexibility index (Phi) is 5.50. The van der Waals surface area contributed by atoms with E-state index in [2.05, 4.69) is 15.3 Å². The zero-order valence-electron chi connectivity index (χ0n) is 11.5. The first-order valence-corrected chi connectivity index (χ1v) is 6.27. The number of rotatable bonds is 7. The molecule has 19 heavy (non-hydrogen) atoms. The molecule has 0 aliphatic rings. The van der Waals surface area contributed by atoms with Gasteiger partial charge in [0.15, 0.2) is 5.69 Å². The van der Waals surface area contributed by atoms with Crippen molar-refractivity contribution in [2.75, 3.05) is 26.2 Å². The Bertz CT molecular complexity index is 452. The fourth-order valence-electron chi connectivity index (χ4n) is 1.76. The third kappa shape index (κ3) is 4.06. The van der Waals surface area contributed by atoms with Crippen molar-refractivity contribution in [3.8, 4) is 0 Å². The predicted molar refractivity (Wildman–Crippen MR) is 70.3 cm³/mol. The maximum Gasteiger partial charge on any atom is 0.339 e. The molecular weight excluding hydrogens is 248 g/mol. The van der Waals surface area contributed by atoms with E-state index in [0.29, 0.717) is 6.54 Å². The number of hydrogen-bond acceptors (Lipinski definition) is 4. The second-order valence-electron chi connectivity index (χ2n) is 4.15. The van der Waals surface area contributed by atoms with Gasteiger partial charge in [0.2, 0.25) is 0 Å². The normalized spacial score (nSPS) is 10.7. The summed E-state index contributed by atoms with van der Waals surface area (Å²) in [6, 6.07) is 0. The van der Waals surface area contributed by atoms with E-state index in [1.165, 1.54) is 10.9 Å². The molecule has 0 bridgehead atoms. The third-order valence-corrected chi connectivity index (χ3v) is 2.88. The van der Waals surface area contributed by atoms with Crippen LogP contribution in [0.1, 0.15) is 34.7 Å². The number of hydrogen-bond donors (Lipinski definition) is 2. The van der Waals surface area contributed by atoms with Gasteiger partial charge in [-0.2, -0.15) is 5.10 Å². The lowest BCUT2D eigenvalue weighted by Crippen LogP contribution is -2.35. The van der Waals surface area contributed by atoms with Gasteiger partial charge in [-0.1, -0.05) is 13.8 Å². The van der Waals surface area contributed by atoms with Gasteiger partial charge in [0, 0.05) is 26.3 Å². The number of nitrogens with zero attached hydrogens (tertiary/aromatic N) is 3. The van der Waals surface area contributed by atoms with Gasteiger partial charge < -0.3 is 15.3 Å². The van der Waals surface area contributed by atoms with Crippen molar-refractivity contribution >= 4 is 11.9 Å². The minimum atomic E-state index is -1.15. The Balaban J connectivity index is 2.61. The number of aromatic carboxylic acids is 1. The Hall–Kier alpha value is -1.89. The molecular formula is C12H20N4O3. The molecule has 0 aliphatic carbocycles. The van der Waals surface area contributed by atoms with Crippen molar-refractivity contribution in [2.45, 2.75) is 13.8 Å². The van der Waals surface area contributed by atoms with Gasteiger partial charge >= 0.3 is 5.97 Å². The monoisotopic (exact) mass is 268 g/mol. The summed E-state index contributed by atoms with van der Waals surface area (Å²) >= 11 is 0. The van der Waals surface area contributed by atoms with Crippen LogP contribution in [0.15, 0.2) is 6.20 Å². The van der Waals surface area contributed by atoms with Gasteiger partial charge in [-0.25, -0.2) is 4.79 Å². The van der Waals surface area contributed by atoms with Crippen molar-refractivity contribution < 1.29 is 14.7 Å². The van der Waals surface area contributed by atoms with Crippen molar-refractivity contribution in [2.24, 2.45) is 7.05 Å². The predicted octanol–water partition coefficient (Wildman–Crippen LogP) is 0.190. The highest BCUT2D eigenvalue weighted by atomic mass is 16.4. The lowest BCUT2D eigenvalue weighted by atomic mass is 10.2. The summed E-state index contributed by atoms with van der Waals surface area (Å²) in [5.74, 6) is -1.60. The van der Waals surface area contributed by atoms with E-state index >= 15 is 0 Å². The summed E-state index contributed by atoms with van der Waals surface area (Å²) in [6.07, 6.45) is 1.32. The minimum absolute atomic E-state index is 0.0467. The summed E-state index contributed by atoms with van der Waals surface area (Å²) in [6.45, 7) is 7.12. The second-order valence-corrected chi connectivity index (χ2v) is 4.15. The Labute approximate surface area is 112 Å². The number of likely N-dealkylation sites (N-methyl/N-ethyl adjacent to an activating group) is 1. The van der Waals surface area contributed by atoms with E-state index in [9.17, 15) is 9.59 Å². The zero-order chi connectivity index (χ0) is 14.4. The molecule has 0 aromatic carbocycles. The van der Waals surface area contributed by atoms with Gasteiger partial charge in [0.25, 0.3) is 5.91 Å². The van der Waals surface area contributed by atoms with Crippen LogP contribution in [0.4, 0.5) is 0 Å². The van der Waals surface area contributed by atoms with Crippen molar-refractivity contribution in [3.05, 3.63) is 17.5 Å². The van der Waals surface area contributed by atoms with Crippen LogP contribution in [0.25, 0.3) is 0 Å². The summed E-state index contributed by atoms with van der Waals surface area (Å²) in [5.41, 5.74) is -0.127. The number of aromatic nitrogens is 2. The Morgan fingerprint density at radius 3 is 2.58 bits per heavy atom. The smallest absolute Gasteiger partial charge is 0.339 e. The molecule has 0 spiro atoms. The number of carboxylic acid groups (broad SMARTS) is 1. The molecule has 0 aliphatic heterocycles. The molecule has 0 saturated heterocycles. The lowest BCUT2D eigenvalue weighted by molar-refractivity contribution is 0.0691. The van der Waals surface area contributed by atoms with Crippen LogP contribution in [0.5, 0.6) is 0 Å². The molecule has 7 nitrogen and oxygen atoms in total. The molecule has 1 aromatic rings. The maximum atomic E-state index is 11.9. The number of carbonyl (C=O) groups excluding carboxylic acids is 1. The third-order valence-electron chi connectivity index (χ3n) is 2.88. The van der Waals surface area contributed by atoms with Gasteiger partial charge in [0.05, 0.1) is 0 Å². The van der Waals surface area contributed by atoms with Crippen LogP contribution < -0.4 is 5.32 Å². The van der Waals surface area contributed by atoms with E-state index in [1.807, 2.05) is 13.8 Å². The Morgan fingerprint density at radius 1 is 1.42 bits per heavy atom. The molecule has 7 heteroatoms. The van der Waals surface area contributed by atoms with Gasteiger partial charge in [0.1, 0.15) is 5.56 Å². The molecule has 1 rings (SSSR count). The average molecular weight is 268 g/mol. The molecule has 1 amide bonds. The fourth-order valence-corrected chi connectivity index (χ4v) is 1.76.